The van der Waals surface area contributed by atoms with E-state index in [0.29, 0.717) is 12.8 Å². The van der Waals surface area contributed by atoms with Crippen molar-refractivity contribution < 1.29 is 24.9 Å². The number of halogens is 3. The first-order chi connectivity index (χ1) is 9.18. The quantitative estimate of drug-likeness (QED) is 0.379. The Kier molecular flexibility index (Phi) is 6.72. The van der Waals surface area contributed by atoms with Gasteiger partial charge in [-0.25, -0.2) is 9.59 Å². The molecule has 20 heavy (non-hydrogen) atoms. The molecule has 0 aliphatic heterocycles. The van der Waals surface area contributed by atoms with Gasteiger partial charge in [-0.05, 0) is 74.7 Å². The lowest BCUT2D eigenvalue weighted by Crippen LogP contribution is -2.20. The fourth-order valence-electron chi connectivity index (χ4n) is 1.44. The molecule has 9 heteroatoms. The third-order valence-corrected chi connectivity index (χ3v) is 5.56. The predicted octanol–water partition coefficient (Wildman–Crippen LogP) is 2.69. The van der Waals surface area contributed by atoms with Gasteiger partial charge in [0.25, 0.3) is 0 Å². The minimum absolute atomic E-state index is 0.0443. The van der Waals surface area contributed by atoms with Crippen LogP contribution in [0.1, 0.15) is 27.6 Å². The number of hydrogen-bond donors (Lipinski definition) is 4. The van der Waals surface area contributed by atoms with Crippen molar-refractivity contribution in [3.05, 3.63) is 21.8 Å². The number of aliphatic hydroxyl groups is 1. The Morgan fingerprint density at radius 2 is 1.45 bits per heavy atom. The van der Waals surface area contributed by atoms with Gasteiger partial charge in [-0.15, -0.1) is 0 Å². The Hall–Kier alpha value is 0.110. The smallest absolute Gasteiger partial charge is 0.337 e. The number of hydrogen-bond acceptors (Lipinski definition) is 4. The fourth-order valence-corrected chi connectivity index (χ4v) is 5.91. The van der Waals surface area contributed by atoms with E-state index in [2.05, 4.69) is 5.32 Å². The summed E-state index contributed by atoms with van der Waals surface area (Å²) in [6.07, 6.45) is -0.637. The lowest BCUT2D eigenvalue weighted by Gasteiger charge is -2.17. The molecule has 0 spiro atoms. The second kappa shape index (κ2) is 7.40. The van der Waals surface area contributed by atoms with E-state index < -0.39 is 18.0 Å². The second-order valence-corrected chi connectivity index (χ2v) is 7.14. The Morgan fingerprint density at radius 1 is 1.05 bits per heavy atom. The maximum Gasteiger partial charge on any atom is 0.337 e. The molecular weight excluding hydrogens is 607 g/mol. The van der Waals surface area contributed by atoms with Crippen molar-refractivity contribution in [1.29, 1.82) is 0 Å². The molecule has 0 bridgehead atoms. The van der Waals surface area contributed by atoms with Crippen LogP contribution in [0.2, 0.25) is 0 Å². The molecule has 0 aliphatic carbocycles. The second-order valence-electron chi connectivity index (χ2n) is 3.91. The highest BCUT2D eigenvalue weighted by atomic mass is 127. The molecule has 1 atom stereocenters. The Morgan fingerprint density at radius 3 is 1.75 bits per heavy atom. The molecule has 0 heterocycles. The number of carboxylic acid groups (broad SMARTS) is 2. The van der Waals surface area contributed by atoms with E-state index in [9.17, 15) is 24.9 Å². The Balaban J connectivity index is 3.58. The van der Waals surface area contributed by atoms with Gasteiger partial charge in [0.1, 0.15) is 0 Å². The average molecular weight is 617 g/mol. The summed E-state index contributed by atoms with van der Waals surface area (Å²) in [7, 11) is 0. The monoisotopic (exact) mass is 617 g/mol. The van der Waals surface area contributed by atoms with E-state index in [1.807, 2.05) is 45.2 Å². The summed E-state index contributed by atoms with van der Waals surface area (Å²) in [4.78, 5) is 22.7. The molecule has 6 nitrogen and oxygen atoms in total. The van der Waals surface area contributed by atoms with E-state index in [-0.39, 0.29) is 21.2 Å². The molecule has 1 aromatic carbocycles. The summed E-state index contributed by atoms with van der Waals surface area (Å²) in [5.74, 6) is -2.37. The normalized spacial score (nSPS) is 12.1. The molecule has 0 saturated heterocycles. The van der Waals surface area contributed by atoms with Crippen LogP contribution in [0.15, 0.2) is 0 Å². The van der Waals surface area contributed by atoms with Gasteiger partial charge in [-0.2, -0.15) is 0 Å². The lowest BCUT2D eigenvalue weighted by molar-refractivity contribution is 0.0694. The zero-order valence-corrected chi connectivity index (χ0v) is 16.5. The summed E-state index contributed by atoms with van der Waals surface area (Å²) in [5, 5.41) is 30.7. The fraction of sp³-hybridized carbons (Fsp3) is 0.273. The number of rotatable bonds is 5. The lowest BCUT2D eigenvalue weighted by atomic mass is 10.1. The van der Waals surface area contributed by atoms with Crippen molar-refractivity contribution in [3.8, 4) is 0 Å². The molecule has 1 rings (SSSR count). The van der Waals surface area contributed by atoms with E-state index in [1.54, 1.807) is 29.5 Å². The van der Waals surface area contributed by atoms with Gasteiger partial charge in [0, 0.05) is 10.1 Å². The molecule has 1 aromatic rings. The highest BCUT2D eigenvalue weighted by Gasteiger charge is 2.27. The highest BCUT2D eigenvalue weighted by Crippen LogP contribution is 2.35. The first kappa shape index (κ1) is 18.2. The molecule has 0 fully saturated rings. The molecule has 4 N–H and O–H groups in total. The van der Waals surface area contributed by atoms with Crippen LogP contribution in [0.25, 0.3) is 0 Å². The van der Waals surface area contributed by atoms with E-state index >= 15 is 0 Å². The van der Waals surface area contributed by atoms with Crippen LogP contribution in [0, 0.1) is 10.7 Å². The summed E-state index contributed by atoms with van der Waals surface area (Å²) in [6.45, 7) is 1.78. The van der Waals surface area contributed by atoms with Crippen LogP contribution in [-0.2, 0) is 0 Å². The summed E-state index contributed by atoms with van der Waals surface area (Å²) >= 11 is 5.47. The minimum Gasteiger partial charge on any atom is -0.478 e. The van der Waals surface area contributed by atoms with Crippen molar-refractivity contribution in [2.45, 2.75) is 13.0 Å². The number of nitrogens with one attached hydrogen (secondary N) is 1. The van der Waals surface area contributed by atoms with E-state index in [0.717, 1.165) is 0 Å². The minimum atomic E-state index is -1.18. The summed E-state index contributed by atoms with van der Waals surface area (Å²) < 4.78 is 1.04. The summed E-state index contributed by atoms with van der Waals surface area (Å²) in [6, 6.07) is 0. The van der Waals surface area contributed by atoms with Gasteiger partial charge < -0.3 is 20.6 Å². The maximum atomic E-state index is 11.3. The molecule has 0 aliphatic rings. The molecule has 0 radical (unpaired) electrons. The SMILES string of the molecule is CC(O)CNc1c(I)c(C(=O)O)c(I)c(C(=O)O)c1I. The molecule has 1 unspecified atom stereocenters. The highest BCUT2D eigenvalue weighted by molar-refractivity contribution is 14.1. The first-order valence-electron chi connectivity index (χ1n) is 5.27. The van der Waals surface area contributed by atoms with Gasteiger partial charge >= 0.3 is 11.9 Å². The number of aliphatic hydroxyl groups excluding tert-OH is 1. The molecule has 0 saturated carbocycles. The topological polar surface area (TPSA) is 107 Å². The molecule has 0 amide bonds. The van der Waals surface area contributed by atoms with Crippen LogP contribution < -0.4 is 5.32 Å². The van der Waals surface area contributed by atoms with Gasteiger partial charge in [-0.3, -0.25) is 0 Å². The molecule has 110 valence electrons. The van der Waals surface area contributed by atoms with Gasteiger partial charge in [-0.1, -0.05) is 0 Å². The van der Waals surface area contributed by atoms with Crippen molar-refractivity contribution in [2.75, 3.05) is 11.9 Å². The summed E-state index contributed by atoms with van der Waals surface area (Å²) in [5.41, 5.74) is 0.330. The Labute approximate surface area is 155 Å². The predicted molar refractivity (Wildman–Crippen MR) is 98.7 cm³/mol. The van der Waals surface area contributed by atoms with Crippen molar-refractivity contribution in [2.24, 2.45) is 0 Å². The van der Waals surface area contributed by atoms with Crippen LogP contribution in [0.4, 0.5) is 5.69 Å². The first-order valence-corrected chi connectivity index (χ1v) is 8.51. The molecular formula is C11H10I3NO5. The Bertz CT molecular complexity index is 533. The number of anilines is 1. The third kappa shape index (κ3) is 3.85. The van der Waals surface area contributed by atoms with E-state index in [4.69, 9.17) is 0 Å². The van der Waals surface area contributed by atoms with Crippen molar-refractivity contribution >= 4 is 85.4 Å². The van der Waals surface area contributed by atoms with Crippen molar-refractivity contribution in [1.82, 2.24) is 0 Å². The van der Waals surface area contributed by atoms with Crippen LogP contribution in [-0.4, -0.2) is 39.9 Å². The average Bonchev–Trinajstić information content (AvgIpc) is 2.26. The zero-order chi connectivity index (χ0) is 15.6. The largest absolute Gasteiger partial charge is 0.478 e. The van der Waals surface area contributed by atoms with Crippen LogP contribution in [0.5, 0.6) is 0 Å². The molecule has 0 aromatic heterocycles. The number of carboxylic acids is 2. The number of benzene rings is 1. The zero-order valence-electron chi connectivity index (χ0n) is 10.1. The van der Waals surface area contributed by atoms with Gasteiger partial charge in [0.15, 0.2) is 0 Å². The van der Waals surface area contributed by atoms with Crippen molar-refractivity contribution in [3.63, 3.8) is 0 Å². The third-order valence-electron chi connectivity index (χ3n) is 2.32. The van der Waals surface area contributed by atoms with Gasteiger partial charge in [0.2, 0.25) is 0 Å². The maximum absolute atomic E-state index is 11.3. The standard InChI is InChI=1S/C11H10I3NO5/c1-3(16)2-15-9-7(13)4(10(17)18)6(12)5(8(9)14)11(19)20/h3,15-16H,2H2,1H3,(H,17,18)(H,19,20). The van der Waals surface area contributed by atoms with E-state index in [1.165, 1.54) is 0 Å². The van der Waals surface area contributed by atoms with Gasteiger partial charge in [0.05, 0.1) is 30.1 Å². The van der Waals surface area contributed by atoms with Crippen LogP contribution in [0.3, 0.4) is 0 Å². The number of carbonyl (C=O) groups is 2. The number of aromatic carboxylic acids is 2. The van der Waals surface area contributed by atoms with Crippen LogP contribution >= 0.6 is 67.8 Å².